The highest BCUT2D eigenvalue weighted by molar-refractivity contribution is 5.80. The zero-order valence-corrected chi connectivity index (χ0v) is 10.2. The second kappa shape index (κ2) is 6.48. The van der Waals surface area contributed by atoms with Gasteiger partial charge in [-0.2, -0.15) is 0 Å². The van der Waals surface area contributed by atoms with Crippen molar-refractivity contribution < 1.29 is 20.2 Å². The van der Waals surface area contributed by atoms with Crippen LogP contribution in [0.4, 0.5) is 0 Å². The number of nitrogens with zero attached hydrogens (tertiary/aromatic N) is 1. The van der Waals surface area contributed by atoms with Gasteiger partial charge in [-0.15, -0.1) is 0 Å². The molecule has 0 aliphatic carbocycles. The molecule has 0 bridgehead atoms. The molecule has 1 heterocycles. The Labute approximate surface area is 110 Å². The highest BCUT2D eigenvalue weighted by atomic mass is 16.6. The second-order valence-electron chi connectivity index (χ2n) is 4.19. The van der Waals surface area contributed by atoms with Gasteiger partial charge in [0, 0.05) is 0 Å². The van der Waals surface area contributed by atoms with Crippen molar-refractivity contribution in [2.75, 3.05) is 6.61 Å². The van der Waals surface area contributed by atoms with Gasteiger partial charge in [0.1, 0.15) is 6.10 Å². The fourth-order valence-corrected chi connectivity index (χ4v) is 1.69. The molecule has 0 saturated carbocycles. The minimum atomic E-state index is -1.29. The first-order valence-corrected chi connectivity index (χ1v) is 5.94. The van der Waals surface area contributed by atoms with Gasteiger partial charge in [-0.1, -0.05) is 30.3 Å². The van der Waals surface area contributed by atoms with Gasteiger partial charge in [0.15, 0.2) is 6.23 Å². The first-order valence-electron chi connectivity index (χ1n) is 5.94. The minimum Gasteiger partial charge on any atom is -0.394 e. The number of aliphatic hydroxyl groups excluding tert-OH is 3. The van der Waals surface area contributed by atoms with Crippen molar-refractivity contribution in [2.24, 2.45) is 4.99 Å². The number of hydrogen-bond donors (Lipinski definition) is 5. The smallest absolute Gasteiger partial charge is 0.218 e. The molecule has 0 amide bonds. The molecular weight excluding hydrogens is 250 g/mol. The zero-order chi connectivity index (χ0) is 13.7. The van der Waals surface area contributed by atoms with Gasteiger partial charge < -0.3 is 20.6 Å². The predicted octanol–water partition coefficient (Wildman–Crippen LogP) is -1.29. The molecule has 2 rings (SSSR count). The van der Waals surface area contributed by atoms with E-state index >= 15 is 0 Å². The van der Waals surface area contributed by atoms with Gasteiger partial charge in [0.2, 0.25) is 5.96 Å². The summed E-state index contributed by atoms with van der Waals surface area (Å²) in [5, 5.41) is 30.8. The van der Waals surface area contributed by atoms with E-state index in [1.807, 2.05) is 30.3 Å². The lowest BCUT2D eigenvalue weighted by molar-refractivity contribution is -0.0197. The average molecular weight is 267 g/mol. The number of aliphatic hydroxyl groups is 3. The topological polar surface area (TPSA) is 106 Å². The van der Waals surface area contributed by atoms with E-state index in [1.54, 1.807) is 0 Å². The molecular formula is C12H17N3O4. The number of guanidine groups is 1. The molecule has 0 radical (unpaired) electrons. The Morgan fingerprint density at radius 1 is 1.26 bits per heavy atom. The van der Waals surface area contributed by atoms with Crippen molar-refractivity contribution in [3.63, 3.8) is 0 Å². The highest BCUT2D eigenvalue weighted by Crippen LogP contribution is 2.06. The van der Waals surface area contributed by atoms with Gasteiger partial charge in [-0.3, -0.25) is 4.84 Å². The molecule has 3 unspecified atom stereocenters. The monoisotopic (exact) mass is 267 g/mol. The number of benzene rings is 1. The molecule has 1 aliphatic heterocycles. The summed E-state index contributed by atoms with van der Waals surface area (Å²) in [5.74, 6) is 0.174. The fourth-order valence-electron chi connectivity index (χ4n) is 1.69. The lowest BCUT2D eigenvalue weighted by Gasteiger charge is -2.30. The number of rotatable bonds is 4. The molecule has 19 heavy (non-hydrogen) atoms. The third-order valence-electron chi connectivity index (χ3n) is 2.75. The number of nitrogens with one attached hydrogen (secondary N) is 2. The van der Waals surface area contributed by atoms with Gasteiger partial charge in [0.05, 0.1) is 19.3 Å². The summed E-state index contributed by atoms with van der Waals surface area (Å²) in [6.45, 7) is 0.00158. The van der Waals surface area contributed by atoms with E-state index in [1.165, 1.54) is 0 Å². The van der Waals surface area contributed by atoms with Gasteiger partial charge in [-0.05, 0) is 5.56 Å². The maximum Gasteiger partial charge on any atom is 0.218 e. The van der Waals surface area contributed by atoms with E-state index in [0.29, 0.717) is 6.61 Å². The first-order chi connectivity index (χ1) is 9.20. The largest absolute Gasteiger partial charge is 0.394 e. The Morgan fingerprint density at radius 2 is 2.00 bits per heavy atom. The van der Waals surface area contributed by atoms with Crippen LogP contribution in [-0.4, -0.2) is 46.3 Å². The number of hydroxylamine groups is 1. The molecule has 104 valence electrons. The van der Waals surface area contributed by atoms with Crippen molar-refractivity contribution in [3.8, 4) is 0 Å². The molecule has 0 aromatic heterocycles. The Bertz CT molecular complexity index is 426. The predicted molar refractivity (Wildman–Crippen MR) is 67.8 cm³/mol. The summed E-state index contributed by atoms with van der Waals surface area (Å²) in [5.41, 5.74) is 3.52. The van der Waals surface area contributed by atoms with Crippen LogP contribution in [0.2, 0.25) is 0 Å². The molecule has 7 nitrogen and oxygen atoms in total. The van der Waals surface area contributed by atoms with Crippen LogP contribution in [0.25, 0.3) is 0 Å². The van der Waals surface area contributed by atoms with E-state index in [4.69, 9.17) is 9.94 Å². The average Bonchev–Trinajstić information content (AvgIpc) is 2.43. The van der Waals surface area contributed by atoms with Crippen molar-refractivity contribution in [1.82, 2.24) is 10.8 Å². The summed E-state index contributed by atoms with van der Waals surface area (Å²) in [7, 11) is 0. The number of aliphatic imine (C=N–C) groups is 1. The van der Waals surface area contributed by atoms with E-state index in [-0.39, 0.29) is 12.6 Å². The van der Waals surface area contributed by atoms with Gasteiger partial charge in [0.25, 0.3) is 0 Å². The Hall–Kier alpha value is -1.67. The minimum absolute atomic E-state index is 0.174. The van der Waals surface area contributed by atoms with Gasteiger partial charge in [-0.25, -0.2) is 10.5 Å². The third kappa shape index (κ3) is 3.65. The molecule has 0 saturated heterocycles. The normalized spacial score (nSPS) is 26.5. The van der Waals surface area contributed by atoms with Crippen LogP contribution in [0, 0.1) is 0 Å². The molecule has 3 atom stereocenters. The second-order valence-corrected chi connectivity index (χ2v) is 4.19. The molecule has 1 aromatic rings. The van der Waals surface area contributed by atoms with Gasteiger partial charge >= 0.3 is 0 Å². The lowest BCUT2D eigenvalue weighted by Crippen LogP contribution is -2.58. The highest BCUT2D eigenvalue weighted by Gasteiger charge is 2.31. The van der Waals surface area contributed by atoms with Crippen molar-refractivity contribution >= 4 is 5.96 Å². The SMILES string of the molecule is OCC1NC(NOCc2ccccc2)=NC(O)C1O. The summed E-state index contributed by atoms with van der Waals surface area (Å²) in [4.78, 5) is 8.97. The molecule has 0 spiro atoms. The van der Waals surface area contributed by atoms with Crippen LogP contribution in [0.1, 0.15) is 5.56 Å². The van der Waals surface area contributed by atoms with Crippen LogP contribution < -0.4 is 10.8 Å². The standard InChI is InChI=1S/C12H17N3O4/c16-6-9-10(17)11(18)14-12(13-9)15-19-7-8-4-2-1-3-5-8/h1-5,9-11,16-18H,6-7H2,(H2,13,14,15). The lowest BCUT2D eigenvalue weighted by atomic mass is 10.1. The maximum absolute atomic E-state index is 9.51. The zero-order valence-electron chi connectivity index (χ0n) is 10.2. The summed E-state index contributed by atoms with van der Waals surface area (Å²) < 4.78 is 0. The third-order valence-corrected chi connectivity index (χ3v) is 2.75. The Morgan fingerprint density at radius 3 is 2.68 bits per heavy atom. The molecule has 1 aliphatic rings. The number of hydrogen-bond acceptors (Lipinski definition) is 7. The van der Waals surface area contributed by atoms with E-state index < -0.39 is 18.4 Å². The fraction of sp³-hybridized carbons (Fsp3) is 0.417. The Kier molecular flexibility index (Phi) is 4.69. The quantitative estimate of drug-likeness (QED) is 0.435. The van der Waals surface area contributed by atoms with Crippen molar-refractivity contribution in [2.45, 2.75) is 25.0 Å². The summed E-state index contributed by atoms with van der Waals surface area (Å²) >= 11 is 0. The molecule has 0 fully saturated rings. The summed E-state index contributed by atoms with van der Waals surface area (Å²) in [6.07, 6.45) is -2.44. The van der Waals surface area contributed by atoms with E-state index in [9.17, 15) is 10.2 Å². The Balaban J connectivity index is 1.84. The van der Waals surface area contributed by atoms with E-state index in [0.717, 1.165) is 5.56 Å². The van der Waals surface area contributed by atoms with Crippen LogP contribution in [0.5, 0.6) is 0 Å². The first kappa shape index (κ1) is 13.8. The van der Waals surface area contributed by atoms with Crippen LogP contribution in [0.15, 0.2) is 35.3 Å². The van der Waals surface area contributed by atoms with Crippen LogP contribution in [-0.2, 0) is 11.4 Å². The van der Waals surface area contributed by atoms with Crippen molar-refractivity contribution in [3.05, 3.63) is 35.9 Å². The van der Waals surface area contributed by atoms with Crippen molar-refractivity contribution in [1.29, 1.82) is 0 Å². The maximum atomic E-state index is 9.51. The molecule has 5 N–H and O–H groups in total. The summed E-state index contributed by atoms with van der Waals surface area (Å²) in [6, 6.07) is 8.84. The van der Waals surface area contributed by atoms with Crippen LogP contribution >= 0.6 is 0 Å². The molecule has 7 heteroatoms. The van der Waals surface area contributed by atoms with E-state index in [2.05, 4.69) is 15.8 Å². The van der Waals surface area contributed by atoms with Crippen LogP contribution in [0.3, 0.4) is 0 Å². The molecule has 1 aromatic carbocycles.